The fraction of sp³-hybridized carbons (Fsp3) is 0.300. The molecule has 27 heavy (non-hydrogen) atoms. The van der Waals surface area contributed by atoms with E-state index in [0.29, 0.717) is 30.0 Å². The number of methoxy groups -OCH3 is 2. The van der Waals surface area contributed by atoms with E-state index in [1.165, 1.54) is 7.11 Å². The highest BCUT2D eigenvalue weighted by molar-refractivity contribution is 14.1. The van der Waals surface area contributed by atoms with Crippen LogP contribution in [0.1, 0.15) is 35.7 Å². The van der Waals surface area contributed by atoms with Gasteiger partial charge in [-0.1, -0.05) is 19.1 Å². The molecular formula is C20H23IN2O4. The fourth-order valence-corrected chi connectivity index (χ4v) is 3.15. The number of nitrogens with one attached hydrogen (secondary N) is 2. The minimum atomic E-state index is -0.194. The van der Waals surface area contributed by atoms with Crippen LogP contribution in [-0.2, 0) is 11.3 Å². The number of ether oxygens (including phenoxy) is 2. The zero-order chi connectivity index (χ0) is 19.8. The van der Waals surface area contributed by atoms with E-state index in [0.717, 1.165) is 21.2 Å². The van der Waals surface area contributed by atoms with E-state index < -0.39 is 0 Å². The molecule has 0 bridgehead atoms. The summed E-state index contributed by atoms with van der Waals surface area (Å²) >= 11 is 2.10. The Morgan fingerprint density at radius 2 is 1.67 bits per heavy atom. The average molecular weight is 482 g/mol. The fourth-order valence-electron chi connectivity index (χ4n) is 2.46. The van der Waals surface area contributed by atoms with E-state index in [9.17, 15) is 9.59 Å². The average Bonchev–Trinajstić information content (AvgIpc) is 2.67. The monoisotopic (exact) mass is 482 g/mol. The summed E-state index contributed by atoms with van der Waals surface area (Å²) in [5, 5.41) is 5.74. The van der Waals surface area contributed by atoms with Gasteiger partial charge in [0.25, 0.3) is 5.91 Å². The van der Waals surface area contributed by atoms with Gasteiger partial charge in [-0.25, -0.2) is 0 Å². The number of amides is 2. The smallest absolute Gasteiger partial charge is 0.252 e. The number of carbonyl (C=O) groups is 2. The van der Waals surface area contributed by atoms with Gasteiger partial charge >= 0.3 is 0 Å². The number of anilines is 1. The number of hydrogen-bond donors (Lipinski definition) is 2. The van der Waals surface area contributed by atoms with E-state index >= 15 is 0 Å². The quantitative estimate of drug-likeness (QED) is 0.559. The van der Waals surface area contributed by atoms with Crippen LogP contribution < -0.4 is 20.1 Å². The van der Waals surface area contributed by atoms with Crippen molar-refractivity contribution in [3.8, 4) is 11.5 Å². The summed E-state index contributed by atoms with van der Waals surface area (Å²) in [6.07, 6.45) is 1.31. The molecule has 2 amide bonds. The van der Waals surface area contributed by atoms with Gasteiger partial charge in [-0.2, -0.15) is 0 Å². The Kier molecular flexibility index (Phi) is 7.90. The molecule has 0 saturated carbocycles. The van der Waals surface area contributed by atoms with Crippen LogP contribution in [0.5, 0.6) is 11.5 Å². The third kappa shape index (κ3) is 5.85. The highest BCUT2D eigenvalue weighted by Crippen LogP contribution is 2.31. The van der Waals surface area contributed by atoms with Gasteiger partial charge in [-0.3, -0.25) is 9.59 Å². The van der Waals surface area contributed by atoms with E-state index in [2.05, 4.69) is 33.2 Å². The van der Waals surface area contributed by atoms with Crippen molar-refractivity contribution in [1.82, 2.24) is 5.32 Å². The van der Waals surface area contributed by atoms with Gasteiger partial charge in [-0.15, -0.1) is 0 Å². The minimum Gasteiger partial charge on any atom is -0.493 e. The topological polar surface area (TPSA) is 76.7 Å². The lowest BCUT2D eigenvalue weighted by Crippen LogP contribution is -2.23. The van der Waals surface area contributed by atoms with Crippen molar-refractivity contribution in [3.63, 3.8) is 0 Å². The summed E-state index contributed by atoms with van der Waals surface area (Å²) in [5.74, 6) is 0.900. The summed E-state index contributed by atoms with van der Waals surface area (Å²) in [6.45, 7) is 2.34. The largest absolute Gasteiger partial charge is 0.493 e. The van der Waals surface area contributed by atoms with Crippen molar-refractivity contribution in [2.75, 3.05) is 19.5 Å². The van der Waals surface area contributed by atoms with Crippen LogP contribution >= 0.6 is 22.6 Å². The standard InChI is InChI=1S/C20H23IN2O4/c1-4-5-19(24)23-14-8-6-13(7-9-14)12-22-20(25)15-10-17(26-2)18(27-3)11-16(15)21/h6-11H,4-5,12H2,1-3H3,(H,22,25)(H,23,24). The van der Waals surface area contributed by atoms with E-state index in [1.54, 1.807) is 19.2 Å². The lowest BCUT2D eigenvalue weighted by atomic mass is 10.1. The maximum absolute atomic E-state index is 12.5. The molecule has 7 heteroatoms. The Bertz CT molecular complexity index is 806. The normalized spacial score (nSPS) is 10.2. The molecule has 0 aromatic heterocycles. The van der Waals surface area contributed by atoms with Crippen LogP contribution in [0.2, 0.25) is 0 Å². The molecule has 0 aliphatic heterocycles. The Balaban J connectivity index is 2.00. The van der Waals surface area contributed by atoms with Crippen LogP contribution in [-0.4, -0.2) is 26.0 Å². The summed E-state index contributed by atoms with van der Waals surface area (Å²) in [5.41, 5.74) is 2.21. The van der Waals surface area contributed by atoms with Crippen LogP contribution in [0.25, 0.3) is 0 Å². The van der Waals surface area contributed by atoms with Gasteiger partial charge < -0.3 is 20.1 Å². The number of rotatable bonds is 8. The molecule has 0 fully saturated rings. The molecule has 2 rings (SSSR count). The Morgan fingerprint density at radius 1 is 1.04 bits per heavy atom. The molecule has 0 aliphatic rings. The van der Waals surface area contributed by atoms with Gasteiger partial charge in [0.1, 0.15) is 0 Å². The van der Waals surface area contributed by atoms with Crippen molar-refractivity contribution in [3.05, 3.63) is 51.1 Å². The molecule has 0 spiro atoms. The maximum Gasteiger partial charge on any atom is 0.252 e. The van der Waals surface area contributed by atoms with Gasteiger partial charge in [-0.05, 0) is 58.8 Å². The molecule has 0 unspecified atom stereocenters. The Morgan fingerprint density at radius 3 is 2.26 bits per heavy atom. The highest BCUT2D eigenvalue weighted by atomic mass is 127. The van der Waals surface area contributed by atoms with Crippen molar-refractivity contribution >= 4 is 40.1 Å². The third-order valence-electron chi connectivity index (χ3n) is 3.89. The van der Waals surface area contributed by atoms with Crippen LogP contribution in [0, 0.1) is 3.57 Å². The summed E-state index contributed by atoms with van der Waals surface area (Å²) in [7, 11) is 3.09. The Hall–Kier alpha value is -2.29. The Labute approximate surface area is 172 Å². The number of hydrogen-bond acceptors (Lipinski definition) is 4. The molecule has 6 nitrogen and oxygen atoms in total. The first-order valence-corrected chi connectivity index (χ1v) is 9.64. The van der Waals surface area contributed by atoms with Gasteiger partial charge in [0.05, 0.1) is 19.8 Å². The SMILES string of the molecule is CCCC(=O)Nc1ccc(CNC(=O)c2cc(OC)c(OC)cc2I)cc1. The lowest BCUT2D eigenvalue weighted by molar-refractivity contribution is -0.116. The maximum atomic E-state index is 12.5. The van der Waals surface area contributed by atoms with Crippen molar-refractivity contribution < 1.29 is 19.1 Å². The minimum absolute atomic E-state index is 0.00146. The molecule has 2 N–H and O–H groups in total. The van der Waals surface area contributed by atoms with Crippen LogP contribution in [0.4, 0.5) is 5.69 Å². The molecule has 0 aliphatic carbocycles. The van der Waals surface area contributed by atoms with Crippen molar-refractivity contribution in [2.45, 2.75) is 26.3 Å². The predicted octanol–water partition coefficient (Wildman–Crippen LogP) is 3.98. The molecule has 144 valence electrons. The van der Waals surface area contributed by atoms with E-state index in [4.69, 9.17) is 9.47 Å². The van der Waals surface area contributed by atoms with Crippen molar-refractivity contribution in [2.24, 2.45) is 0 Å². The second-order valence-corrected chi connectivity index (χ2v) is 7.03. The van der Waals surface area contributed by atoms with Crippen LogP contribution in [0.15, 0.2) is 36.4 Å². The number of benzene rings is 2. The summed E-state index contributed by atoms with van der Waals surface area (Å²) < 4.78 is 11.3. The second kappa shape index (κ2) is 10.1. The van der Waals surface area contributed by atoms with Crippen molar-refractivity contribution in [1.29, 1.82) is 0 Å². The first kappa shape index (κ1) is 21.0. The van der Waals surface area contributed by atoms with E-state index in [1.807, 2.05) is 31.2 Å². The van der Waals surface area contributed by atoms with E-state index in [-0.39, 0.29) is 11.8 Å². The van der Waals surface area contributed by atoms with Crippen LogP contribution in [0.3, 0.4) is 0 Å². The first-order valence-electron chi connectivity index (χ1n) is 8.57. The lowest BCUT2D eigenvalue weighted by Gasteiger charge is -2.12. The summed E-state index contributed by atoms with van der Waals surface area (Å²) in [6, 6.07) is 10.8. The zero-order valence-electron chi connectivity index (χ0n) is 15.6. The first-order chi connectivity index (χ1) is 13.0. The van der Waals surface area contributed by atoms with Gasteiger partial charge in [0.15, 0.2) is 11.5 Å². The number of halogens is 1. The molecule has 2 aromatic carbocycles. The second-order valence-electron chi connectivity index (χ2n) is 5.86. The zero-order valence-corrected chi connectivity index (χ0v) is 17.8. The predicted molar refractivity (Wildman–Crippen MR) is 113 cm³/mol. The molecular weight excluding hydrogens is 459 g/mol. The number of carbonyl (C=O) groups excluding carboxylic acids is 2. The molecule has 0 radical (unpaired) electrons. The third-order valence-corrected chi connectivity index (χ3v) is 4.78. The van der Waals surface area contributed by atoms with Gasteiger partial charge in [0.2, 0.25) is 5.91 Å². The summed E-state index contributed by atoms with van der Waals surface area (Å²) in [4.78, 5) is 24.1. The molecule has 0 saturated heterocycles. The van der Waals surface area contributed by atoms with Gasteiger partial charge in [0, 0.05) is 22.2 Å². The highest BCUT2D eigenvalue weighted by Gasteiger charge is 2.15. The molecule has 2 aromatic rings. The molecule has 0 heterocycles. The molecule has 0 atom stereocenters.